The van der Waals surface area contributed by atoms with Crippen LogP contribution in [0, 0.1) is 6.92 Å². The fourth-order valence-electron chi connectivity index (χ4n) is 3.98. The molecule has 0 saturated carbocycles. The van der Waals surface area contributed by atoms with Crippen LogP contribution < -0.4 is 0 Å². The van der Waals surface area contributed by atoms with Crippen LogP contribution in [0.25, 0.3) is 33.1 Å². The Morgan fingerprint density at radius 2 is 1.91 bits per heavy atom. The first-order chi connectivity index (χ1) is 11.3. The van der Waals surface area contributed by atoms with Crippen LogP contribution >= 0.6 is 0 Å². The highest BCUT2D eigenvalue weighted by atomic mass is 15.1. The maximum absolute atomic E-state index is 5.05. The van der Waals surface area contributed by atoms with Crippen molar-refractivity contribution in [3.05, 3.63) is 47.4 Å². The second kappa shape index (κ2) is 4.69. The molecular weight excluding hydrogens is 284 g/mol. The van der Waals surface area contributed by atoms with E-state index >= 15 is 0 Å². The lowest BCUT2D eigenvalue weighted by Gasteiger charge is -2.21. The van der Waals surface area contributed by atoms with Gasteiger partial charge in [0, 0.05) is 34.2 Å². The molecule has 0 spiro atoms. The molecule has 3 aromatic heterocycles. The summed E-state index contributed by atoms with van der Waals surface area (Å²) >= 11 is 0. The molecule has 5 rings (SSSR count). The van der Waals surface area contributed by atoms with Crippen LogP contribution in [0.2, 0.25) is 0 Å². The fourth-order valence-corrected chi connectivity index (χ4v) is 3.98. The quantitative estimate of drug-likeness (QED) is 0.551. The second-order valence-electron chi connectivity index (χ2n) is 6.41. The number of H-pyrrole nitrogens is 2. The van der Waals surface area contributed by atoms with Gasteiger partial charge in [-0.3, -0.25) is 5.10 Å². The summed E-state index contributed by atoms with van der Waals surface area (Å²) in [5.74, 6) is 0. The minimum absolute atomic E-state index is 1.02. The van der Waals surface area contributed by atoms with Crippen LogP contribution in [0.5, 0.6) is 0 Å². The van der Waals surface area contributed by atoms with Crippen molar-refractivity contribution in [1.82, 2.24) is 20.2 Å². The summed E-state index contributed by atoms with van der Waals surface area (Å²) in [5.41, 5.74) is 8.47. The van der Waals surface area contributed by atoms with Gasteiger partial charge in [-0.05, 0) is 61.9 Å². The third-order valence-electron chi connectivity index (χ3n) is 5.09. The summed E-state index contributed by atoms with van der Waals surface area (Å²) in [7, 11) is 0. The fraction of sp³-hybridized carbons (Fsp3) is 0.263. The van der Waals surface area contributed by atoms with E-state index in [0.717, 1.165) is 35.3 Å². The van der Waals surface area contributed by atoms with E-state index in [4.69, 9.17) is 4.98 Å². The van der Waals surface area contributed by atoms with Crippen molar-refractivity contribution in [2.45, 2.75) is 32.6 Å². The van der Waals surface area contributed by atoms with Gasteiger partial charge >= 0.3 is 0 Å². The minimum atomic E-state index is 1.02. The zero-order valence-electron chi connectivity index (χ0n) is 13.1. The monoisotopic (exact) mass is 302 g/mol. The number of rotatable bonds is 1. The number of pyridine rings is 1. The third-order valence-corrected chi connectivity index (χ3v) is 5.09. The number of nitrogens with zero attached hydrogens (tertiary/aromatic N) is 2. The first-order valence-corrected chi connectivity index (χ1v) is 8.25. The van der Waals surface area contributed by atoms with Crippen LogP contribution in [0.3, 0.4) is 0 Å². The van der Waals surface area contributed by atoms with E-state index in [9.17, 15) is 0 Å². The molecule has 4 heteroatoms. The lowest BCUT2D eigenvalue weighted by molar-refractivity contribution is 0.689. The molecule has 0 amide bonds. The van der Waals surface area contributed by atoms with Crippen LogP contribution in [0.1, 0.15) is 29.7 Å². The summed E-state index contributed by atoms with van der Waals surface area (Å²) in [6.07, 6.45) is 8.76. The summed E-state index contributed by atoms with van der Waals surface area (Å²) in [5, 5.41) is 9.91. The zero-order chi connectivity index (χ0) is 15.4. The molecule has 4 aromatic rings. The van der Waals surface area contributed by atoms with E-state index < -0.39 is 0 Å². The van der Waals surface area contributed by atoms with Gasteiger partial charge in [-0.25, -0.2) is 4.98 Å². The Labute approximate surface area is 133 Å². The van der Waals surface area contributed by atoms with Crippen molar-refractivity contribution in [1.29, 1.82) is 0 Å². The Balaban J connectivity index is 1.94. The van der Waals surface area contributed by atoms with Crippen molar-refractivity contribution < 1.29 is 0 Å². The highest BCUT2D eigenvalue weighted by molar-refractivity contribution is 6.08. The van der Waals surface area contributed by atoms with E-state index in [-0.39, 0.29) is 0 Å². The van der Waals surface area contributed by atoms with Gasteiger partial charge in [0.1, 0.15) is 0 Å². The van der Waals surface area contributed by atoms with E-state index in [0.29, 0.717) is 0 Å². The van der Waals surface area contributed by atoms with Gasteiger partial charge in [-0.15, -0.1) is 0 Å². The number of aromatic amines is 2. The average Bonchev–Trinajstić information content (AvgIpc) is 3.22. The van der Waals surface area contributed by atoms with Crippen LogP contribution in [0.15, 0.2) is 30.6 Å². The predicted octanol–water partition coefficient (Wildman–Crippen LogP) is 4.29. The van der Waals surface area contributed by atoms with Crippen molar-refractivity contribution in [2.24, 2.45) is 0 Å². The van der Waals surface area contributed by atoms with Gasteiger partial charge < -0.3 is 4.98 Å². The maximum atomic E-state index is 5.05. The predicted molar refractivity (Wildman–Crippen MR) is 92.6 cm³/mol. The van der Waals surface area contributed by atoms with Crippen LogP contribution in [0.4, 0.5) is 0 Å². The molecule has 0 atom stereocenters. The lowest BCUT2D eigenvalue weighted by Crippen LogP contribution is -2.08. The molecule has 0 saturated heterocycles. The topological polar surface area (TPSA) is 57.4 Å². The third kappa shape index (κ3) is 1.78. The van der Waals surface area contributed by atoms with Gasteiger partial charge in [0.15, 0.2) is 0 Å². The van der Waals surface area contributed by atoms with Gasteiger partial charge in [0.2, 0.25) is 0 Å². The normalized spacial score (nSPS) is 14.5. The van der Waals surface area contributed by atoms with E-state index in [1.165, 1.54) is 40.3 Å². The average molecular weight is 302 g/mol. The van der Waals surface area contributed by atoms with E-state index in [1.807, 2.05) is 19.3 Å². The maximum Gasteiger partial charge on any atom is 0.0778 e. The summed E-state index contributed by atoms with van der Waals surface area (Å²) in [6, 6.07) is 6.45. The molecule has 4 nitrogen and oxygen atoms in total. The first kappa shape index (κ1) is 12.9. The summed E-state index contributed by atoms with van der Waals surface area (Å²) < 4.78 is 0. The standard InChI is InChI=1S/C19H18N4/c1-11-15(10-21-23-11)19-13-5-3-2-4-12(13)18-14-8-9-20-16(14)6-7-17(18)22-19/h6-10,20H,2-5H2,1H3,(H,21,23). The van der Waals surface area contributed by atoms with Crippen molar-refractivity contribution in [3.8, 4) is 11.3 Å². The molecule has 23 heavy (non-hydrogen) atoms. The van der Waals surface area contributed by atoms with Gasteiger partial charge in [-0.2, -0.15) is 5.10 Å². The Kier molecular flexibility index (Phi) is 2.62. The molecule has 0 aliphatic heterocycles. The Hall–Kier alpha value is -2.62. The molecule has 1 aliphatic carbocycles. The largest absolute Gasteiger partial charge is 0.361 e. The molecular formula is C19H18N4. The molecule has 0 bridgehead atoms. The second-order valence-corrected chi connectivity index (χ2v) is 6.41. The zero-order valence-corrected chi connectivity index (χ0v) is 13.1. The number of nitrogens with one attached hydrogen (secondary N) is 2. The molecule has 1 aromatic carbocycles. The minimum Gasteiger partial charge on any atom is -0.361 e. The first-order valence-electron chi connectivity index (χ1n) is 8.25. The Bertz CT molecular complexity index is 1040. The molecule has 3 heterocycles. The van der Waals surface area contributed by atoms with E-state index in [1.54, 1.807) is 0 Å². The number of hydrogen-bond donors (Lipinski definition) is 2. The van der Waals surface area contributed by atoms with Crippen molar-refractivity contribution in [2.75, 3.05) is 0 Å². The SMILES string of the molecule is Cc1n[nH]cc1-c1nc2ccc3[nH]ccc3c2c2c1CCCC2. The summed E-state index contributed by atoms with van der Waals surface area (Å²) in [4.78, 5) is 8.37. The molecule has 1 aliphatic rings. The van der Waals surface area contributed by atoms with Crippen LogP contribution in [-0.2, 0) is 12.8 Å². The van der Waals surface area contributed by atoms with Gasteiger partial charge in [-0.1, -0.05) is 0 Å². The van der Waals surface area contributed by atoms with Gasteiger partial charge in [0.05, 0.1) is 16.9 Å². The number of fused-ring (bicyclic) bond motifs is 5. The highest BCUT2D eigenvalue weighted by Crippen LogP contribution is 2.38. The Morgan fingerprint density at radius 1 is 1.04 bits per heavy atom. The van der Waals surface area contributed by atoms with Crippen molar-refractivity contribution >= 4 is 21.8 Å². The molecule has 0 radical (unpaired) electrons. The Morgan fingerprint density at radius 3 is 2.74 bits per heavy atom. The molecule has 0 unspecified atom stereocenters. The highest BCUT2D eigenvalue weighted by Gasteiger charge is 2.22. The molecule has 114 valence electrons. The number of hydrogen-bond acceptors (Lipinski definition) is 2. The number of aromatic nitrogens is 4. The number of benzene rings is 1. The van der Waals surface area contributed by atoms with Crippen LogP contribution in [-0.4, -0.2) is 20.2 Å². The molecule has 0 fully saturated rings. The summed E-state index contributed by atoms with van der Waals surface area (Å²) in [6.45, 7) is 2.04. The van der Waals surface area contributed by atoms with E-state index in [2.05, 4.69) is 33.4 Å². The smallest absolute Gasteiger partial charge is 0.0778 e. The van der Waals surface area contributed by atoms with Crippen molar-refractivity contribution in [3.63, 3.8) is 0 Å². The number of aryl methyl sites for hydroxylation is 2. The van der Waals surface area contributed by atoms with Gasteiger partial charge in [0.25, 0.3) is 0 Å². The molecule has 2 N–H and O–H groups in total. The lowest BCUT2D eigenvalue weighted by atomic mass is 9.85.